The van der Waals surface area contributed by atoms with Gasteiger partial charge < -0.3 is 20.1 Å². The number of rotatable bonds is 34. The van der Waals surface area contributed by atoms with Crippen molar-refractivity contribution < 1.29 is 37.6 Å². The number of hydrogen-bond acceptors (Lipinski definition) is 8. The molecule has 286 valence electrons. The van der Waals surface area contributed by atoms with E-state index in [9.17, 15) is 19.0 Å². The van der Waals surface area contributed by atoms with Crippen LogP contribution in [0.25, 0.3) is 0 Å². The molecule has 2 unspecified atom stereocenters. The number of nitrogens with two attached hydrogens (primary N) is 1. The zero-order chi connectivity index (χ0) is 36.8. The molecule has 0 aliphatic heterocycles. The summed E-state index contributed by atoms with van der Waals surface area (Å²) < 4.78 is 32.5. The summed E-state index contributed by atoms with van der Waals surface area (Å²) in [6.07, 6.45) is 42.5. The smallest absolute Gasteiger partial charge is 0.462 e. The van der Waals surface area contributed by atoms with Crippen molar-refractivity contribution in [1.29, 1.82) is 0 Å². The van der Waals surface area contributed by atoms with Gasteiger partial charge in [-0.05, 0) is 64.2 Å². The highest BCUT2D eigenvalue weighted by Crippen LogP contribution is 2.43. The topological polar surface area (TPSA) is 134 Å². The number of esters is 2. The van der Waals surface area contributed by atoms with Crippen LogP contribution >= 0.6 is 7.82 Å². The van der Waals surface area contributed by atoms with E-state index in [1.165, 1.54) is 38.5 Å². The predicted octanol–water partition coefficient (Wildman–Crippen LogP) is 10.3. The van der Waals surface area contributed by atoms with Gasteiger partial charge in [0.1, 0.15) is 6.61 Å². The lowest BCUT2D eigenvalue weighted by Gasteiger charge is -2.19. The molecule has 0 heterocycles. The number of phosphoric ester groups is 1. The molecule has 0 aromatic heterocycles. The van der Waals surface area contributed by atoms with Crippen molar-refractivity contribution in [3.8, 4) is 0 Å². The van der Waals surface area contributed by atoms with Gasteiger partial charge in [0.2, 0.25) is 0 Å². The van der Waals surface area contributed by atoms with Crippen molar-refractivity contribution in [2.75, 3.05) is 26.4 Å². The van der Waals surface area contributed by atoms with Crippen molar-refractivity contribution in [3.63, 3.8) is 0 Å². The molecule has 0 aliphatic rings. The zero-order valence-corrected chi connectivity index (χ0v) is 32.0. The lowest BCUT2D eigenvalue weighted by atomic mass is 10.1. The summed E-state index contributed by atoms with van der Waals surface area (Å²) in [7, 11) is -4.40. The first kappa shape index (κ1) is 47.4. The van der Waals surface area contributed by atoms with Crippen molar-refractivity contribution >= 4 is 19.8 Å². The molecule has 0 aromatic carbocycles. The van der Waals surface area contributed by atoms with Gasteiger partial charge in [-0.25, -0.2) is 4.57 Å². The van der Waals surface area contributed by atoms with E-state index in [-0.39, 0.29) is 32.6 Å². The Hall–Kier alpha value is -2.55. The molecule has 0 rings (SSSR count). The highest BCUT2D eigenvalue weighted by atomic mass is 31.2. The maximum atomic E-state index is 12.5. The number of ether oxygens (including phenoxy) is 2. The van der Waals surface area contributed by atoms with Crippen LogP contribution in [0.1, 0.15) is 136 Å². The van der Waals surface area contributed by atoms with Gasteiger partial charge >= 0.3 is 19.8 Å². The quantitative estimate of drug-likeness (QED) is 0.0288. The predicted molar refractivity (Wildman–Crippen MR) is 206 cm³/mol. The van der Waals surface area contributed by atoms with E-state index in [0.717, 1.165) is 57.8 Å². The molecule has 50 heavy (non-hydrogen) atoms. The monoisotopic (exact) mass is 721 g/mol. The van der Waals surface area contributed by atoms with Crippen LogP contribution in [0.5, 0.6) is 0 Å². The maximum Gasteiger partial charge on any atom is 0.472 e. The number of allylic oxidation sites excluding steroid dienone is 11. The lowest BCUT2D eigenvalue weighted by Crippen LogP contribution is -2.29. The molecule has 10 heteroatoms. The van der Waals surface area contributed by atoms with Gasteiger partial charge in [-0.2, -0.15) is 0 Å². The standard InChI is InChI=1S/C40H68NO8P/c1-3-5-7-9-11-13-15-17-19-21-23-25-27-29-31-33-40(43)49-38(37-48-50(44,45)47-35-34-41)36-46-39(42)32-30-28-26-24-22-20-18-16-14-12-10-8-6-4-2/h5,7,11,13,16-19,23,25,29,31,38H,3-4,6,8-10,12,14-15,20-22,24,26-28,30,32-37,41H2,1-2H3,(H,44,45)/b7-5-,13-11-,18-16-,19-17-,25-23-,31-29-. The molecule has 0 fully saturated rings. The summed E-state index contributed by atoms with van der Waals surface area (Å²) in [5, 5.41) is 0. The lowest BCUT2D eigenvalue weighted by molar-refractivity contribution is -0.160. The Balaban J connectivity index is 4.40. The molecule has 0 aliphatic carbocycles. The normalized spacial score (nSPS) is 14.2. The second-order valence-electron chi connectivity index (χ2n) is 12.1. The molecular formula is C40H68NO8P. The Morgan fingerprint density at radius 2 is 1.16 bits per heavy atom. The van der Waals surface area contributed by atoms with Gasteiger partial charge in [-0.15, -0.1) is 0 Å². The third kappa shape index (κ3) is 35.3. The zero-order valence-electron chi connectivity index (χ0n) is 31.1. The largest absolute Gasteiger partial charge is 0.472 e. The van der Waals surface area contributed by atoms with E-state index in [1.54, 1.807) is 6.08 Å². The fraction of sp³-hybridized carbons (Fsp3) is 0.650. The second kappa shape index (κ2) is 36.2. The van der Waals surface area contributed by atoms with E-state index >= 15 is 0 Å². The van der Waals surface area contributed by atoms with E-state index in [4.69, 9.17) is 24.3 Å². The van der Waals surface area contributed by atoms with E-state index in [1.807, 2.05) is 12.2 Å². The summed E-state index contributed by atoms with van der Waals surface area (Å²) in [6.45, 7) is 3.45. The second-order valence-corrected chi connectivity index (χ2v) is 13.5. The van der Waals surface area contributed by atoms with Crippen LogP contribution in [0.3, 0.4) is 0 Å². The minimum Gasteiger partial charge on any atom is -0.462 e. The number of unbranched alkanes of at least 4 members (excludes halogenated alkanes) is 10. The summed E-state index contributed by atoms with van der Waals surface area (Å²) in [6, 6.07) is 0. The molecule has 0 saturated carbocycles. The molecular weight excluding hydrogens is 653 g/mol. The van der Waals surface area contributed by atoms with Crippen molar-refractivity contribution in [2.24, 2.45) is 5.73 Å². The molecule has 0 aromatic rings. The van der Waals surface area contributed by atoms with Crippen molar-refractivity contribution in [3.05, 3.63) is 72.9 Å². The third-order valence-corrected chi connectivity index (χ3v) is 8.34. The molecule has 9 nitrogen and oxygen atoms in total. The summed E-state index contributed by atoms with van der Waals surface area (Å²) >= 11 is 0. The Morgan fingerprint density at radius 1 is 0.640 bits per heavy atom. The van der Waals surface area contributed by atoms with Gasteiger partial charge in [-0.3, -0.25) is 18.6 Å². The van der Waals surface area contributed by atoms with Crippen LogP contribution in [-0.2, 0) is 32.7 Å². The SMILES string of the molecule is CC/C=C\C/C=C\C/C=C\C/C=C\C/C=C\CC(=O)OC(COC(=O)CCCCCCC/C=C\CCCCCCC)COP(=O)(O)OCCN. The number of carbonyl (C=O) groups is 2. The van der Waals surface area contributed by atoms with Gasteiger partial charge in [0, 0.05) is 13.0 Å². The summed E-state index contributed by atoms with van der Waals surface area (Å²) in [5.41, 5.74) is 5.32. The van der Waals surface area contributed by atoms with Crippen LogP contribution in [0.2, 0.25) is 0 Å². The van der Waals surface area contributed by atoms with Gasteiger partial charge in [-0.1, -0.05) is 132 Å². The fourth-order valence-corrected chi connectivity index (χ4v) is 5.35. The summed E-state index contributed by atoms with van der Waals surface area (Å²) in [5.74, 6) is -0.995. The van der Waals surface area contributed by atoms with Crippen LogP contribution < -0.4 is 5.73 Å². The van der Waals surface area contributed by atoms with Gasteiger partial charge in [0.15, 0.2) is 6.10 Å². The highest BCUT2D eigenvalue weighted by molar-refractivity contribution is 7.47. The van der Waals surface area contributed by atoms with E-state index in [2.05, 4.69) is 68.5 Å². The Kier molecular flexibility index (Phi) is 34.4. The maximum absolute atomic E-state index is 12.5. The molecule has 0 radical (unpaired) electrons. The summed E-state index contributed by atoms with van der Waals surface area (Å²) in [4.78, 5) is 34.6. The third-order valence-electron chi connectivity index (χ3n) is 7.36. The first-order valence-corrected chi connectivity index (χ1v) is 20.4. The van der Waals surface area contributed by atoms with Crippen molar-refractivity contribution in [1.82, 2.24) is 0 Å². The van der Waals surface area contributed by atoms with Crippen LogP contribution in [0, 0.1) is 0 Å². The molecule has 0 spiro atoms. The average molecular weight is 722 g/mol. The molecule has 0 saturated heterocycles. The Bertz CT molecular complexity index is 1050. The number of phosphoric acid groups is 1. The van der Waals surface area contributed by atoms with Gasteiger partial charge in [0.25, 0.3) is 0 Å². The first-order chi connectivity index (χ1) is 24.3. The average Bonchev–Trinajstić information content (AvgIpc) is 3.10. The fourth-order valence-electron chi connectivity index (χ4n) is 4.58. The van der Waals surface area contributed by atoms with Gasteiger partial charge in [0.05, 0.1) is 19.6 Å². The van der Waals surface area contributed by atoms with Crippen LogP contribution in [0.4, 0.5) is 0 Å². The number of carbonyl (C=O) groups excluding carboxylic acids is 2. The molecule has 0 amide bonds. The van der Waals surface area contributed by atoms with Crippen molar-refractivity contribution in [2.45, 2.75) is 142 Å². The minimum absolute atomic E-state index is 0.00668. The first-order valence-electron chi connectivity index (χ1n) is 18.9. The number of hydrogen-bond donors (Lipinski definition) is 2. The van der Waals surface area contributed by atoms with E-state index < -0.39 is 32.5 Å². The molecule has 3 N–H and O–H groups in total. The minimum atomic E-state index is -4.40. The molecule has 0 bridgehead atoms. The highest BCUT2D eigenvalue weighted by Gasteiger charge is 2.25. The van der Waals surface area contributed by atoms with Crippen LogP contribution in [0.15, 0.2) is 72.9 Å². The Morgan fingerprint density at radius 3 is 1.72 bits per heavy atom. The molecule has 2 atom stereocenters. The Labute approximate surface area is 303 Å². The van der Waals surface area contributed by atoms with E-state index in [0.29, 0.717) is 12.8 Å². The van der Waals surface area contributed by atoms with Crippen LogP contribution in [-0.4, -0.2) is 49.3 Å².